The van der Waals surface area contributed by atoms with E-state index in [1.807, 2.05) is 4.90 Å². The number of nitrogens with zero attached hydrogens (tertiary/aromatic N) is 4. The molecule has 2 aromatic heterocycles. The van der Waals surface area contributed by atoms with Crippen LogP contribution in [0.3, 0.4) is 0 Å². The average Bonchev–Trinajstić information content (AvgIpc) is 3.68. The van der Waals surface area contributed by atoms with Crippen molar-refractivity contribution in [3.05, 3.63) is 40.3 Å². The molecule has 0 aromatic carbocycles. The van der Waals surface area contributed by atoms with Crippen molar-refractivity contribution in [3.8, 4) is 0 Å². The molecule has 1 aliphatic heterocycles. The molecular weight excluding hydrogens is 539 g/mol. The molecule has 2 atom stereocenters. The molecule has 0 spiro atoms. The van der Waals surface area contributed by atoms with Gasteiger partial charge in [-0.3, -0.25) is 9.48 Å². The molecule has 3 heterocycles. The molecule has 1 saturated carbocycles. The van der Waals surface area contributed by atoms with Gasteiger partial charge in [0.05, 0.1) is 22.2 Å². The minimum absolute atomic E-state index is 0.174. The summed E-state index contributed by atoms with van der Waals surface area (Å²) >= 11 is 6.29. The zero-order valence-corrected chi connectivity index (χ0v) is 24.1. The van der Waals surface area contributed by atoms with Crippen molar-refractivity contribution >= 4 is 29.3 Å². The summed E-state index contributed by atoms with van der Waals surface area (Å²) in [5.41, 5.74) is 1.89. The quantitative estimate of drug-likeness (QED) is 0.260. The van der Waals surface area contributed by atoms with Gasteiger partial charge in [0.1, 0.15) is 18.5 Å². The second-order valence-corrected chi connectivity index (χ2v) is 11.3. The number of anilines is 1. The highest BCUT2D eigenvalue weighted by Crippen LogP contribution is 2.50. The summed E-state index contributed by atoms with van der Waals surface area (Å²) < 4.78 is 20.3. The van der Waals surface area contributed by atoms with Crippen LogP contribution in [0, 0.1) is 0 Å². The van der Waals surface area contributed by atoms with Crippen LogP contribution in [0.25, 0.3) is 0 Å². The third kappa shape index (κ3) is 7.50. The summed E-state index contributed by atoms with van der Waals surface area (Å²) in [5, 5.41) is 20.7. The molecule has 3 N–H and O–H groups in total. The van der Waals surface area contributed by atoms with Gasteiger partial charge in [-0.05, 0) is 69.5 Å². The first-order valence-corrected chi connectivity index (χ1v) is 14.4. The molecule has 2 aromatic rings. The monoisotopic (exact) mass is 578 g/mol. The van der Waals surface area contributed by atoms with Crippen molar-refractivity contribution in [2.24, 2.45) is 7.05 Å². The molecular formula is C28H40ClFN6O4. The molecule has 1 fully saturated rings. The van der Waals surface area contributed by atoms with E-state index in [1.54, 1.807) is 17.9 Å². The first kappa shape index (κ1) is 30.2. The molecule has 0 radical (unpaired) electrons. The predicted molar refractivity (Wildman–Crippen MR) is 151 cm³/mol. The Kier molecular flexibility index (Phi) is 10.4. The number of aromatic nitrogens is 3. The lowest BCUT2D eigenvalue weighted by Crippen LogP contribution is -2.48. The number of carbonyl (C=O) groups excluding carboxylic acids is 1. The number of carbonyl (C=O) groups is 2. The van der Waals surface area contributed by atoms with Gasteiger partial charge in [-0.1, -0.05) is 17.7 Å². The lowest BCUT2D eigenvalue weighted by Gasteiger charge is -2.27. The Labute approximate surface area is 239 Å². The van der Waals surface area contributed by atoms with Gasteiger partial charge >= 0.3 is 5.97 Å². The SMILES string of the molecule is COC(CF)CN(CCCCc1ccc2c(n1)NCCC2)CCC(NC(=O)C1(c2nn(C)cc2Cl)CC1)C(=O)O. The number of hydrogen-bond acceptors (Lipinski definition) is 7. The summed E-state index contributed by atoms with van der Waals surface area (Å²) in [6.45, 7) is 1.67. The number of amides is 1. The predicted octanol–water partition coefficient (Wildman–Crippen LogP) is 3.13. The minimum Gasteiger partial charge on any atom is -0.480 e. The van der Waals surface area contributed by atoms with Crippen molar-refractivity contribution in [2.75, 3.05) is 45.3 Å². The standard InChI is InChI=1S/C28H40ClFN6O4/c1-35-18-22(29)24(34-35)28(11-12-28)27(39)33-23(26(37)38)10-15-36(17-21(16-30)40-2)14-4-3-7-20-9-8-19-6-5-13-31-25(19)32-20/h8-9,18,21,23H,3-7,10-17H2,1-2H3,(H,31,32)(H,33,39)(H,37,38). The smallest absolute Gasteiger partial charge is 0.326 e. The van der Waals surface area contributed by atoms with Crippen molar-refractivity contribution in [1.82, 2.24) is 25.0 Å². The topological polar surface area (TPSA) is 122 Å². The molecule has 1 aliphatic carbocycles. The minimum atomic E-state index is -1.11. The maximum absolute atomic E-state index is 13.5. The van der Waals surface area contributed by atoms with E-state index in [0.29, 0.717) is 43.2 Å². The molecule has 4 rings (SSSR count). The Hall–Kier alpha value is -2.76. The van der Waals surface area contributed by atoms with Gasteiger partial charge in [0, 0.05) is 45.7 Å². The number of ether oxygens (including phenoxy) is 1. The lowest BCUT2D eigenvalue weighted by atomic mass is 10.0. The number of halogens is 2. The van der Waals surface area contributed by atoms with Crippen molar-refractivity contribution < 1.29 is 23.8 Å². The summed E-state index contributed by atoms with van der Waals surface area (Å²) in [6.07, 6.45) is 7.05. The fraction of sp³-hybridized carbons (Fsp3) is 0.643. The van der Waals surface area contributed by atoms with Gasteiger partial charge in [-0.15, -0.1) is 0 Å². The molecule has 10 nitrogen and oxygen atoms in total. The number of unbranched alkanes of at least 4 members (excludes halogenated alkanes) is 1. The highest BCUT2D eigenvalue weighted by atomic mass is 35.5. The van der Waals surface area contributed by atoms with E-state index in [9.17, 15) is 19.1 Å². The highest BCUT2D eigenvalue weighted by Gasteiger charge is 2.55. The number of fused-ring (bicyclic) bond motifs is 1. The van der Waals surface area contributed by atoms with Crippen molar-refractivity contribution in [2.45, 2.75) is 68.9 Å². The van der Waals surface area contributed by atoms with E-state index in [4.69, 9.17) is 21.3 Å². The third-order valence-electron chi connectivity index (χ3n) is 7.84. The van der Waals surface area contributed by atoms with Gasteiger partial charge in [0.15, 0.2) is 0 Å². The number of aryl methyl sites for hydroxylation is 3. The molecule has 0 bridgehead atoms. The molecule has 12 heteroatoms. The Morgan fingerprint density at radius 1 is 1.32 bits per heavy atom. The summed E-state index contributed by atoms with van der Waals surface area (Å²) in [4.78, 5) is 32.0. The normalized spacial score (nSPS) is 17.1. The lowest BCUT2D eigenvalue weighted by molar-refractivity contribution is -0.142. The van der Waals surface area contributed by atoms with E-state index in [2.05, 4.69) is 27.9 Å². The number of methoxy groups -OCH3 is 1. The second kappa shape index (κ2) is 13.7. The molecule has 2 aliphatic rings. The molecule has 1 amide bonds. The number of carboxylic acids is 1. The van der Waals surface area contributed by atoms with E-state index < -0.39 is 30.2 Å². The molecule has 0 saturated heterocycles. The Balaban J connectivity index is 1.31. The van der Waals surface area contributed by atoms with E-state index >= 15 is 0 Å². The first-order valence-electron chi connectivity index (χ1n) is 14.0. The van der Waals surface area contributed by atoms with Gasteiger partial charge < -0.3 is 25.4 Å². The molecule has 40 heavy (non-hydrogen) atoms. The fourth-order valence-electron chi connectivity index (χ4n) is 5.26. The van der Waals surface area contributed by atoms with Crippen LogP contribution in [0.1, 0.15) is 55.5 Å². The van der Waals surface area contributed by atoms with Crippen LogP contribution >= 0.6 is 11.6 Å². The number of nitrogens with one attached hydrogen (secondary N) is 2. The van der Waals surface area contributed by atoms with Gasteiger partial charge in [0.25, 0.3) is 0 Å². The molecule has 220 valence electrons. The van der Waals surface area contributed by atoms with Gasteiger partial charge in [-0.2, -0.15) is 5.10 Å². The van der Waals surface area contributed by atoms with E-state index in [-0.39, 0.29) is 12.3 Å². The first-order chi connectivity index (χ1) is 19.3. The number of carboxylic acid groups (broad SMARTS) is 1. The van der Waals surface area contributed by atoms with Gasteiger partial charge in [0.2, 0.25) is 5.91 Å². The van der Waals surface area contributed by atoms with Gasteiger partial charge in [-0.25, -0.2) is 14.2 Å². The van der Waals surface area contributed by atoms with Crippen LogP contribution in [-0.4, -0.2) is 88.8 Å². The fourth-order valence-corrected chi connectivity index (χ4v) is 5.62. The number of alkyl halides is 1. The largest absolute Gasteiger partial charge is 0.480 e. The maximum atomic E-state index is 13.5. The second-order valence-electron chi connectivity index (χ2n) is 10.8. The highest BCUT2D eigenvalue weighted by molar-refractivity contribution is 6.31. The Bertz CT molecular complexity index is 1170. The number of aliphatic carboxylic acids is 1. The maximum Gasteiger partial charge on any atom is 0.326 e. The number of hydrogen-bond donors (Lipinski definition) is 3. The van der Waals surface area contributed by atoms with Crippen LogP contribution in [0.4, 0.5) is 10.2 Å². The van der Waals surface area contributed by atoms with Crippen molar-refractivity contribution in [3.63, 3.8) is 0 Å². The average molecular weight is 579 g/mol. The number of rotatable bonds is 16. The summed E-state index contributed by atoms with van der Waals surface area (Å²) in [6, 6.07) is 3.14. The summed E-state index contributed by atoms with van der Waals surface area (Å²) in [5.74, 6) is -0.508. The van der Waals surface area contributed by atoms with Crippen LogP contribution in [-0.2, 0) is 39.6 Å². The van der Waals surface area contributed by atoms with Crippen LogP contribution in [0.15, 0.2) is 18.3 Å². The molecule has 2 unspecified atom stereocenters. The Morgan fingerprint density at radius 2 is 2.12 bits per heavy atom. The van der Waals surface area contributed by atoms with E-state index in [1.165, 1.54) is 12.7 Å². The van der Waals surface area contributed by atoms with Crippen LogP contribution < -0.4 is 10.6 Å². The number of pyridine rings is 1. The zero-order chi connectivity index (χ0) is 28.7. The van der Waals surface area contributed by atoms with E-state index in [0.717, 1.165) is 50.2 Å². The zero-order valence-electron chi connectivity index (χ0n) is 23.3. The van der Waals surface area contributed by atoms with Crippen molar-refractivity contribution in [1.29, 1.82) is 0 Å². The van der Waals surface area contributed by atoms with Crippen LogP contribution in [0.5, 0.6) is 0 Å². The third-order valence-corrected chi connectivity index (χ3v) is 8.11. The Morgan fingerprint density at radius 3 is 2.77 bits per heavy atom. The summed E-state index contributed by atoms with van der Waals surface area (Å²) in [7, 11) is 3.19. The van der Waals surface area contributed by atoms with Crippen LogP contribution in [0.2, 0.25) is 5.02 Å².